The van der Waals surface area contributed by atoms with Gasteiger partial charge in [-0.3, -0.25) is 9.59 Å². The van der Waals surface area contributed by atoms with Crippen molar-refractivity contribution in [2.24, 2.45) is 0 Å². The van der Waals surface area contributed by atoms with Crippen molar-refractivity contribution in [2.45, 2.75) is 0 Å². The Balaban J connectivity index is 0.000000176. The Morgan fingerprint density at radius 2 is 0.769 bits per heavy atom. The number of rotatable bonds is 2. The molecule has 0 bridgehead atoms. The summed E-state index contributed by atoms with van der Waals surface area (Å²) in [6, 6.07) is 30.5. The Bertz CT molecular complexity index is 1890. The Labute approximate surface area is 251 Å². The average molecular weight is 539 g/mol. The maximum absolute atomic E-state index is 12.4. The van der Waals surface area contributed by atoms with Crippen molar-refractivity contribution < 1.29 is 19.8 Å². The van der Waals surface area contributed by atoms with Crippen molar-refractivity contribution in [2.75, 3.05) is 0 Å². The van der Waals surface area contributed by atoms with E-state index in [2.05, 4.69) is 0 Å². The van der Waals surface area contributed by atoms with Crippen LogP contribution in [-0.4, -0.2) is 49.7 Å². The maximum Gasteiger partial charge on any atom is 2.00 e. The number of aromatic carboxylic acids is 2. The van der Waals surface area contributed by atoms with Gasteiger partial charge in [0, 0.05) is 21.5 Å². The van der Waals surface area contributed by atoms with Gasteiger partial charge in [0.2, 0.25) is 0 Å². The fourth-order valence-corrected chi connectivity index (χ4v) is 4.42. The fourth-order valence-electron chi connectivity index (χ4n) is 4.42. The van der Waals surface area contributed by atoms with Crippen LogP contribution in [0.15, 0.2) is 119 Å². The molecular weight excluding hydrogens is 520 g/mol. The minimum atomic E-state index is -1.24. The largest absolute Gasteiger partial charge is 2.00 e. The summed E-state index contributed by atoms with van der Waals surface area (Å²) in [5.74, 6) is -2.49. The van der Waals surface area contributed by atoms with Crippen molar-refractivity contribution in [1.82, 2.24) is 0 Å². The average Bonchev–Trinajstić information content (AvgIpc) is 3.17. The molecule has 6 rings (SSSR count). The van der Waals surface area contributed by atoms with Gasteiger partial charge < -0.3 is 19.8 Å². The second kappa shape index (κ2) is 11.7. The third kappa shape index (κ3) is 5.68. The molecule has 0 amide bonds. The van der Waals surface area contributed by atoms with Crippen molar-refractivity contribution in [3.05, 3.63) is 141 Å². The van der Waals surface area contributed by atoms with Crippen molar-refractivity contribution in [1.29, 1.82) is 0 Å². The van der Waals surface area contributed by atoms with Crippen LogP contribution in [0.4, 0.5) is 0 Å². The number of carbonyl (C=O) groups is 2. The van der Waals surface area contributed by atoms with Crippen LogP contribution < -0.4 is 21.1 Å². The molecule has 0 N–H and O–H groups in total. The summed E-state index contributed by atoms with van der Waals surface area (Å²) in [6.45, 7) is 0. The van der Waals surface area contributed by atoms with Gasteiger partial charge in [-0.1, -0.05) is 84.9 Å². The van der Waals surface area contributed by atoms with Crippen molar-refractivity contribution >= 4 is 92.8 Å². The molecule has 0 fully saturated rings. The molecule has 184 valence electrons. The van der Waals surface area contributed by atoms with E-state index in [1.54, 1.807) is 24.3 Å². The van der Waals surface area contributed by atoms with Crippen molar-refractivity contribution in [3.8, 4) is 0 Å². The van der Waals surface area contributed by atoms with Crippen LogP contribution in [0.5, 0.6) is 0 Å². The molecule has 0 saturated heterocycles. The SMILES string of the molecule is O=C([O-])c1ccc2c(=O)c3ccccc3ccc2c1.O=C([O-])c1ccc2c(=O)c3ccccc3ccc2c1.[Ca+2]. The summed E-state index contributed by atoms with van der Waals surface area (Å²) in [5.41, 5.74) is -0.0506. The molecule has 0 spiro atoms. The van der Waals surface area contributed by atoms with Crippen molar-refractivity contribution in [3.63, 3.8) is 0 Å². The van der Waals surface area contributed by atoms with E-state index >= 15 is 0 Å². The van der Waals surface area contributed by atoms with Gasteiger partial charge in [-0.05, 0) is 56.9 Å². The van der Waals surface area contributed by atoms with E-state index < -0.39 is 11.9 Å². The van der Waals surface area contributed by atoms with Gasteiger partial charge >= 0.3 is 37.7 Å². The number of hydrogen-bond donors (Lipinski definition) is 0. The first kappa shape index (κ1) is 27.9. The number of carboxylic acids is 2. The fraction of sp³-hybridized carbons (Fsp3) is 0. The molecule has 6 aromatic carbocycles. The van der Waals surface area contributed by atoms with E-state index in [9.17, 15) is 29.4 Å². The third-order valence-electron chi connectivity index (χ3n) is 6.36. The van der Waals surface area contributed by atoms with Crippen LogP contribution in [-0.2, 0) is 0 Å². The first-order valence-corrected chi connectivity index (χ1v) is 11.7. The van der Waals surface area contributed by atoms with Gasteiger partial charge in [0.1, 0.15) is 0 Å². The Morgan fingerprint density at radius 1 is 0.436 bits per heavy atom. The van der Waals surface area contributed by atoms with Crippen LogP contribution in [0, 0.1) is 0 Å². The molecule has 0 aliphatic rings. The Morgan fingerprint density at radius 3 is 1.15 bits per heavy atom. The van der Waals surface area contributed by atoms with Gasteiger partial charge in [-0.25, -0.2) is 0 Å². The molecule has 39 heavy (non-hydrogen) atoms. The third-order valence-corrected chi connectivity index (χ3v) is 6.36. The predicted octanol–water partition coefficient (Wildman–Crippen LogP) is 3.05. The van der Waals surface area contributed by atoms with Crippen LogP contribution in [0.2, 0.25) is 0 Å². The minimum absolute atomic E-state index is 0. The van der Waals surface area contributed by atoms with E-state index in [1.807, 2.05) is 48.5 Å². The van der Waals surface area contributed by atoms with E-state index in [4.69, 9.17) is 0 Å². The van der Waals surface area contributed by atoms with Gasteiger partial charge in [-0.15, -0.1) is 0 Å². The number of hydrogen-bond acceptors (Lipinski definition) is 6. The van der Waals surface area contributed by atoms with Crippen LogP contribution in [0.1, 0.15) is 20.7 Å². The molecule has 0 aromatic heterocycles. The normalized spacial score (nSPS) is 10.5. The molecule has 0 heterocycles. The van der Waals surface area contributed by atoms with Gasteiger partial charge in [-0.2, -0.15) is 0 Å². The second-order valence-electron chi connectivity index (χ2n) is 8.68. The zero-order valence-electron chi connectivity index (χ0n) is 20.5. The monoisotopic (exact) mass is 538 g/mol. The molecular formula is C32H18CaO6. The molecule has 0 aliphatic carbocycles. The summed E-state index contributed by atoms with van der Waals surface area (Å²) in [4.78, 5) is 46.5. The summed E-state index contributed by atoms with van der Waals surface area (Å²) in [7, 11) is 0. The Hall–Kier alpha value is -4.10. The molecule has 0 atom stereocenters. The quantitative estimate of drug-likeness (QED) is 0.313. The Kier molecular flexibility index (Phi) is 8.41. The zero-order chi connectivity index (χ0) is 26.8. The summed E-state index contributed by atoms with van der Waals surface area (Å²) >= 11 is 0. The minimum Gasteiger partial charge on any atom is -0.545 e. The summed E-state index contributed by atoms with van der Waals surface area (Å²) in [6.07, 6.45) is 0. The molecule has 0 saturated carbocycles. The van der Waals surface area contributed by atoms with Crippen LogP contribution in [0.3, 0.4) is 0 Å². The second-order valence-corrected chi connectivity index (χ2v) is 8.68. The predicted molar refractivity (Wildman–Crippen MR) is 150 cm³/mol. The van der Waals surface area contributed by atoms with Gasteiger partial charge in [0.15, 0.2) is 10.9 Å². The number of carboxylic acid groups (broad SMARTS) is 2. The zero-order valence-corrected chi connectivity index (χ0v) is 22.8. The van der Waals surface area contributed by atoms with Gasteiger partial charge in [0.05, 0.1) is 11.9 Å². The first-order valence-electron chi connectivity index (χ1n) is 11.7. The summed E-state index contributed by atoms with van der Waals surface area (Å²) in [5, 5.41) is 26.8. The maximum atomic E-state index is 12.4. The topological polar surface area (TPSA) is 114 Å². The van der Waals surface area contributed by atoms with Crippen LogP contribution >= 0.6 is 0 Å². The molecule has 6 aromatic rings. The molecule has 6 nitrogen and oxygen atoms in total. The molecule has 0 unspecified atom stereocenters. The standard InChI is InChI=1S/2C16H10O3.Ca/c2*17-15-13-4-2-1-3-10(13)5-6-11-9-12(16(18)19)7-8-14(11)15;/h2*1-9H,(H,18,19);/q;;+2/p-2. The number of carbonyl (C=O) groups excluding carboxylic acids is 2. The first-order chi connectivity index (χ1) is 18.3. The van der Waals surface area contributed by atoms with E-state index in [0.29, 0.717) is 32.3 Å². The summed E-state index contributed by atoms with van der Waals surface area (Å²) < 4.78 is 0. The number of fused-ring (bicyclic) bond motifs is 4. The number of benzene rings is 4. The molecule has 0 aliphatic heterocycles. The van der Waals surface area contributed by atoms with E-state index in [-0.39, 0.29) is 59.7 Å². The van der Waals surface area contributed by atoms with E-state index in [1.165, 1.54) is 36.4 Å². The van der Waals surface area contributed by atoms with Crippen LogP contribution in [0.25, 0.3) is 43.1 Å². The van der Waals surface area contributed by atoms with Gasteiger partial charge in [0.25, 0.3) is 0 Å². The molecule has 0 radical (unpaired) electrons. The van der Waals surface area contributed by atoms with E-state index in [0.717, 1.165) is 10.8 Å². The molecule has 7 heteroatoms. The smallest absolute Gasteiger partial charge is 0.545 e.